The smallest absolute Gasteiger partial charge is 0.332 e. The number of rotatable bonds is 5. The molecular formula is C13H22N4O3S. The molecule has 21 heavy (non-hydrogen) atoms. The van der Waals surface area contributed by atoms with Crippen LogP contribution in [-0.4, -0.2) is 29.9 Å². The third-order valence-corrected chi connectivity index (χ3v) is 3.45. The largest absolute Gasteiger partial charge is 0.393 e. The molecule has 0 aromatic carbocycles. The quantitative estimate of drug-likeness (QED) is 0.794. The Labute approximate surface area is 129 Å². The van der Waals surface area contributed by atoms with E-state index in [1.165, 1.54) is 15.5 Å². The number of aliphatic hydroxyl groups is 1. The molecule has 2 aromatic rings. The lowest BCUT2D eigenvalue weighted by molar-refractivity contribution is 0.180. The zero-order valence-corrected chi connectivity index (χ0v) is 13.5. The van der Waals surface area contributed by atoms with Crippen LogP contribution in [0.1, 0.15) is 26.2 Å². The summed E-state index contributed by atoms with van der Waals surface area (Å²) in [5.74, 6) is 0. The van der Waals surface area contributed by atoms with Gasteiger partial charge in [-0.15, -0.1) is 0 Å². The topological polar surface area (TPSA) is 82.1 Å². The van der Waals surface area contributed by atoms with Crippen LogP contribution in [-0.2, 0) is 20.6 Å². The van der Waals surface area contributed by atoms with E-state index in [0.717, 1.165) is 6.42 Å². The Hall–Kier alpha value is -1.54. The lowest BCUT2D eigenvalue weighted by atomic mass is 10.2. The minimum Gasteiger partial charge on any atom is -0.393 e. The van der Waals surface area contributed by atoms with Crippen LogP contribution in [0.4, 0.5) is 0 Å². The monoisotopic (exact) mass is 314 g/mol. The number of hydrogen-bond acceptors (Lipinski definition) is 4. The Morgan fingerprint density at radius 2 is 1.95 bits per heavy atom. The highest BCUT2D eigenvalue weighted by Gasteiger charge is 2.14. The van der Waals surface area contributed by atoms with Crippen LogP contribution in [0, 0.1) is 0 Å². The van der Waals surface area contributed by atoms with E-state index in [1.54, 1.807) is 25.6 Å². The number of unbranched alkanes of at least 4 members (excludes halogenated alkanes) is 1. The average Bonchev–Trinajstić information content (AvgIpc) is 2.77. The van der Waals surface area contributed by atoms with E-state index < -0.39 is 0 Å². The summed E-state index contributed by atoms with van der Waals surface area (Å²) in [7, 11) is 3.35. The number of imidazole rings is 1. The Kier molecular flexibility index (Phi) is 5.79. The summed E-state index contributed by atoms with van der Waals surface area (Å²) in [5, 5.41) is 9.21. The molecule has 0 unspecified atom stereocenters. The third kappa shape index (κ3) is 3.38. The van der Waals surface area contributed by atoms with Crippen LogP contribution in [0.2, 0.25) is 0 Å². The molecule has 2 aromatic heterocycles. The van der Waals surface area contributed by atoms with E-state index in [2.05, 4.69) is 4.98 Å². The molecule has 0 aliphatic heterocycles. The van der Waals surface area contributed by atoms with E-state index in [1.807, 2.05) is 0 Å². The number of aromatic nitrogens is 4. The van der Waals surface area contributed by atoms with Gasteiger partial charge >= 0.3 is 5.69 Å². The summed E-state index contributed by atoms with van der Waals surface area (Å²) < 4.78 is 4.26. The standard InChI is InChI=1S/C13H20N4O3.H2S/c1-9(18)6-4-5-7-17-12(19)10-11(14-8-15(10)2)16(3)13(17)20;/h8-9,18H,4-7H2,1-3H3;1H2/t9-;/m1./s1. The van der Waals surface area contributed by atoms with Crippen molar-refractivity contribution in [2.24, 2.45) is 14.1 Å². The first kappa shape index (κ1) is 17.5. The summed E-state index contributed by atoms with van der Waals surface area (Å²) in [5.41, 5.74) is 0.184. The van der Waals surface area contributed by atoms with E-state index in [4.69, 9.17) is 0 Å². The van der Waals surface area contributed by atoms with Gasteiger partial charge in [0.2, 0.25) is 0 Å². The highest BCUT2D eigenvalue weighted by Crippen LogP contribution is 2.04. The van der Waals surface area contributed by atoms with Gasteiger partial charge in [0.15, 0.2) is 11.2 Å². The van der Waals surface area contributed by atoms with E-state index >= 15 is 0 Å². The average molecular weight is 314 g/mol. The molecule has 0 saturated carbocycles. The lowest BCUT2D eigenvalue weighted by Crippen LogP contribution is -2.39. The molecule has 0 aliphatic carbocycles. The van der Waals surface area contributed by atoms with Crippen molar-refractivity contribution in [3.8, 4) is 0 Å². The van der Waals surface area contributed by atoms with Gasteiger partial charge in [-0.1, -0.05) is 0 Å². The Balaban J connectivity index is 0.00000220. The minimum absolute atomic E-state index is 0. The van der Waals surface area contributed by atoms with Crippen molar-refractivity contribution in [3.63, 3.8) is 0 Å². The maximum Gasteiger partial charge on any atom is 0.332 e. The fourth-order valence-corrected chi connectivity index (χ4v) is 2.30. The molecule has 118 valence electrons. The van der Waals surface area contributed by atoms with Crippen molar-refractivity contribution in [2.75, 3.05) is 0 Å². The molecule has 0 aliphatic rings. The molecule has 2 rings (SSSR count). The predicted molar refractivity (Wildman–Crippen MR) is 86.1 cm³/mol. The van der Waals surface area contributed by atoms with Crippen LogP contribution < -0.4 is 11.2 Å². The Bertz CT molecular complexity index is 729. The van der Waals surface area contributed by atoms with Crippen LogP contribution in [0.5, 0.6) is 0 Å². The molecule has 0 bridgehead atoms. The van der Waals surface area contributed by atoms with E-state index in [0.29, 0.717) is 30.6 Å². The van der Waals surface area contributed by atoms with Gasteiger partial charge in [-0.2, -0.15) is 13.5 Å². The fraction of sp³-hybridized carbons (Fsp3) is 0.615. The highest BCUT2D eigenvalue weighted by molar-refractivity contribution is 7.59. The van der Waals surface area contributed by atoms with Crippen molar-refractivity contribution in [1.82, 2.24) is 18.7 Å². The zero-order valence-electron chi connectivity index (χ0n) is 12.5. The summed E-state index contributed by atoms with van der Waals surface area (Å²) in [6, 6.07) is 0. The van der Waals surface area contributed by atoms with Gasteiger partial charge < -0.3 is 9.67 Å². The van der Waals surface area contributed by atoms with Crippen molar-refractivity contribution >= 4 is 24.7 Å². The third-order valence-electron chi connectivity index (χ3n) is 3.45. The van der Waals surface area contributed by atoms with Gasteiger partial charge in [0.1, 0.15) is 0 Å². The molecule has 0 fully saturated rings. The van der Waals surface area contributed by atoms with E-state index in [-0.39, 0.29) is 30.8 Å². The first-order valence-electron chi connectivity index (χ1n) is 6.72. The molecule has 0 spiro atoms. The van der Waals surface area contributed by atoms with Crippen molar-refractivity contribution in [2.45, 2.75) is 38.8 Å². The van der Waals surface area contributed by atoms with Crippen molar-refractivity contribution in [1.29, 1.82) is 0 Å². The number of nitrogens with zero attached hydrogens (tertiary/aromatic N) is 4. The number of fused-ring (bicyclic) bond motifs is 1. The Morgan fingerprint density at radius 3 is 2.57 bits per heavy atom. The fourth-order valence-electron chi connectivity index (χ4n) is 2.30. The SMILES string of the molecule is C[C@@H](O)CCCCn1c(=O)c2c(ncn2C)n(C)c1=O.S. The van der Waals surface area contributed by atoms with Crippen LogP contribution in [0.3, 0.4) is 0 Å². The summed E-state index contributed by atoms with van der Waals surface area (Å²) in [6.07, 6.45) is 3.31. The molecule has 1 atom stereocenters. The van der Waals surface area contributed by atoms with Crippen molar-refractivity contribution in [3.05, 3.63) is 27.2 Å². The van der Waals surface area contributed by atoms with Crippen LogP contribution >= 0.6 is 13.5 Å². The number of aryl methyl sites for hydroxylation is 2. The number of hydrogen-bond donors (Lipinski definition) is 1. The number of aliphatic hydroxyl groups excluding tert-OH is 1. The maximum atomic E-state index is 12.4. The molecule has 2 heterocycles. The highest BCUT2D eigenvalue weighted by atomic mass is 32.1. The summed E-state index contributed by atoms with van der Waals surface area (Å²) in [6.45, 7) is 2.09. The van der Waals surface area contributed by atoms with Gasteiger partial charge in [0, 0.05) is 20.6 Å². The summed E-state index contributed by atoms with van der Waals surface area (Å²) in [4.78, 5) is 28.6. The Morgan fingerprint density at radius 1 is 1.29 bits per heavy atom. The van der Waals surface area contributed by atoms with Gasteiger partial charge in [0.05, 0.1) is 12.4 Å². The minimum atomic E-state index is -0.353. The van der Waals surface area contributed by atoms with E-state index in [9.17, 15) is 14.7 Å². The second kappa shape index (κ2) is 6.95. The molecule has 0 saturated heterocycles. The van der Waals surface area contributed by atoms with Gasteiger partial charge in [-0.3, -0.25) is 13.9 Å². The molecule has 0 amide bonds. The molecule has 8 heteroatoms. The zero-order chi connectivity index (χ0) is 14.9. The maximum absolute atomic E-state index is 12.4. The first-order chi connectivity index (χ1) is 9.43. The molecular weight excluding hydrogens is 292 g/mol. The second-order valence-corrected chi connectivity index (χ2v) is 5.17. The molecule has 7 nitrogen and oxygen atoms in total. The van der Waals surface area contributed by atoms with Gasteiger partial charge in [0.25, 0.3) is 5.56 Å². The van der Waals surface area contributed by atoms with Crippen LogP contribution in [0.25, 0.3) is 11.2 Å². The lowest BCUT2D eigenvalue weighted by Gasteiger charge is -2.09. The molecule has 1 N–H and O–H groups in total. The summed E-state index contributed by atoms with van der Waals surface area (Å²) >= 11 is 0. The predicted octanol–water partition coefficient (Wildman–Crippen LogP) is 0.0976. The second-order valence-electron chi connectivity index (χ2n) is 5.17. The van der Waals surface area contributed by atoms with Crippen molar-refractivity contribution < 1.29 is 5.11 Å². The normalized spacial score (nSPS) is 12.4. The molecule has 0 radical (unpaired) electrons. The van der Waals surface area contributed by atoms with Gasteiger partial charge in [-0.25, -0.2) is 9.78 Å². The van der Waals surface area contributed by atoms with Gasteiger partial charge in [-0.05, 0) is 26.2 Å². The van der Waals surface area contributed by atoms with Crippen LogP contribution in [0.15, 0.2) is 15.9 Å². The first-order valence-corrected chi connectivity index (χ1v) is 6.72.